The van der Waals surface area contributed by atoms with Crippen LogP contribution in [-0.4, -0.2) is 40.1 Å². The molecule has 26 heavy (non-hydrogen) atoms. The molecular weight excluding hydrogens is 356 g/mol. The molecule has 0 spiro atoms. The van der Waals surface area contributed by atoms with E-state index < -0.39 is 5.91 Å². The first-order valence-corrected chi connectivity index (χ1v) is 8.88. The molecule has 0 aromatic carbocycles. The zero-order chi connectivity index (χ0) is 18.5. The smallest absolute Gasteiger partial charge is 0.271 e. The SMILES string of the molecule is CCc1nc(C(N)=O)c(Nc2ccnc(Cl)c2)nc1NC1CCOCC1. The van der Waals surface area contributed by atoms with E-state index in [4.69, 9.17) is 22.1 Å². The van der Waals surface area contributed by atoms with Crippen LogP contribution in [0.3, 0.4) is 0 Å². The summed E-state index contributed by atoms with van der Waals surface area (Å²) < 4.78 is 5.39. The molecular formula is C17H21ClN6O2. The fraction of sp³-hybridized carbons (Fsp3) is 0.412. The number of pyridine rings is 1. The lowest BCUT2D eigenvalue weighted by molar-refractivity contribution is 0.0903. The van der Waals surface area contributed by atoms with Gasteiger partial charge in [0.05, 0.1) is 5.69 Å². The summed E-state index contributed by atoms with van der Waals surface area (Å²) in [5, 5.41) is 6.81. The van der Waals surface area contributed by atoms with E-state index in [1.54, 1.807) is 18.3 Å². The van der Waals surface area contributed by atoms with Gasteiger partial charge >= 0.3 is 0 Å². The first kappa shape index (κ1) is 18.3. The minimum Gasteiger partial charge on any atom is -0.381 e. The number of amides is 1. The molecule has 9 heteroatoms. The summed E-state index contributed by atoms with van der Waals surface area (Å²) in [5.74, 6) is 0.283. The van der Waals surface area contributed by atoms with Gasteiger partial charge < -0.3 is 21.1 Å². The first-order valence-electron chi connectivity index (χ1n) is 8.50. The molecule has 0 atom stereocenters. The van der Waals surface area contributed by atoms with E-state index in [1.165, 1.54) is 0 Å². The molecule has 0 unspecified atom stereocenters. The predicted octanol–water partition coefficient (Wildman–Crippen LogP) is 2.52. The Morgan fingerprint density at radius 3 is 2.77 bits per heavy atom. The third-order valence-electron chi connectivity index (χ3n) is 4.09. The average Bonchev–Trinajstić information content (AvgIpc) is 2.62. The molecule has 2 aromatic rings. The molecule has 0 radical (unpaired) electrons. The Bertz CT molecular complexity index is 795. The fourth-order valence-corrected chi connectivity index (χ4v) is 2.92. The number of hydrogen-bond donors (Lipinski definition) is 3. The van der Waals surface area contributed by atoms with Crippen molar-refractivity contribution in [3.05, 3.63) is 34.9 Å². The molecule has 1 aliphatic rings. The van der Waals surface area contributed by atoms with Gasteiger partial charge in [-0.15, -0.1) is 0 Å². The molecule has 3 heterocycles. The van der Waals surface area contributed by atoms with Crippen molar-refractivity contribution in [2.24, 2.45) is 5.73 Å². The van der Waals surface area contributed by atoms with Gasteiger partial charge in [0.15, 0.2) is 17.3 Å². The zero-order valence-corrected chi connectivity index (χ0v) is 15.2. The molecule has 1 fully saturated rings. The Morgan fingerprint density at radius 1 is 1.35 bits per heavy atom. The van der Waals surface area contributed by atoms with Crippen molar-refractivity contribution in [3.63, 3.8) is 0 Å². The lowest BCUT2D eigenvalue weighted by Crippen LogP contribution is -2.29. The summed E-state index contributed by atoms with van der Waals surface area (Å²) in [6, 6.07) is 3.61. The maximum absolute atomic E-state index is 11.9. The van der Waals surface area contributed by atoms with Crippen LogP contribution in [0.4, 0.5) is 17.3 Å². The Labute approximate surface area is 156 Å². The number of carbonyl (C=O) groups is 1. The maximum Gasteiger partial charge on any atom is 0.271 e. The monoisotopic (exact) mass is 376 g/mol. The number of anilines is 3. The molecule has 1 saturated heterocycles. The number of hydrogen-bond acceptors (Lipinski definition) is 7. The molecule has 2 aromatic heterocycles. The maximum atomic E-state index is 11.9. The Hall–Kier alpha value is -2.45. The molecule has 0 bridgehead atoms. The number of ether oxygens (including phenoxy) is 1. The van der Waals surface area contributed by atoms with Crippen molar-refractivity contribution in [3.8, 4) is 0 Å². The summed E-state index contributed by atoms with van der Waals surface area (Å²) in [6.45, 7) is 3.39. The van der Waals surface area contributed by atoms with Gasteiger partial charge in [-0.1, -0.05) is 18.5 Å². The molecule has 1 amide bonds. The van der Waals surface area contributed by atoms with Crippen LogP contribution >= 0.6 is 11.6 Å². The molecule has 3 rings (SSSR count). The van der Waals surface area contributed by atoms with Crippen molar-refractivity contribution in [2.45, 2.75) is 32.2 Å². The van der Waals surface area contributed by atoms with Crippen LogP contribution in [0.25, 0.3) is 0 Å². The molecule has 0 saturated carbocycles. The van der Waals surface area contributed by atoms with E-state index in [0.29, 0.717) is 42.0 Å². The van der Waals surface area contributed by atoms with Crippen LogP contribution in [0.1, 0.15) is 35.9 Å². The largest absolute Gasteiger partial charge is 0.381 e. The normalized spacial score (nSPS) is 14.8. The van der Waals surface area contributed by atoms with Gasteiger partial charge in [0.25, 0.3) is 5.91 Å². The lowest BCUT2D eigenvalue weighted by Gasteiger charge is -2.25. The zero-order valence-electron chi connectivity index (χ0n) is 14.5. The van der Waals surface area contributed by atoms with Crippen LogP contribution in [0, 0.1) is 0 Å². The third kappa shape index (κ3) is 4.39. The fourth-order valence-electron chi connectivity index (χ4n) is 2.74. The Balaban J connectivity index is 1.94. The highest BCUT2D eigenvalue weighted by atomic mass is 35.5. The van der Waals surface area contributed by atoms with E-state index in [1.807, 2.05) is 6.92 Å². The van der Waals surface area contributed by atoms with Crippen LogP contribution in [0.15, 0.2) is 18.3 Å². The first-order chi connectivity index (χ1) is 12.6. The van der Waals surface area contributed by atoms with Crippen molar-refractivity contribution >= 4 is 34.8 Å². The number of primary amides is 1. The van der Waals surface area contributed by atoms with Gasteiger partial charge in [0.2, 0.25) is 0 Å². The Morgan fingerprint density at radius 2 is 2.12 bits per heavy atom. The number of nitrogens with one attached hydrogen (secondary N) is 2. The topological polar surface area (TPSA) is 115 Å². The summed E-state index contributed by atoms with van der Waals surface area (Å²) in [4.78, 5) is 24.8. The number of nitrogens with zero attached hydrogens (tertiary/aromatic N) is 3. The molecule has 1 aliphatic heterocycles. The summed E-state index contributed by atoms with van der Waals surface area (Å²) in [7, 11) is 0. The van der Waals surface area contributed by atoms with Gasteiger partial charge in [-0.05, 0) is 31.4 Å². The van der Waals surface area contributed by atoms with Crippen molar-refractivity contribution in [1.82, 2.24) is 15.0 Å². The van der Waals surface area contributed by atoms with E-state index in [9.17, 15) is 4.79 Å². The van der Waals surface area contributed by atoms with Crippen LogP contribution < -0.4 is 16.4 Å². The second-order valence-electron chi connectivity index (χ2n) is 5.96. The molecule has 4 N–H and O–H groups in total. The van der Waals surface area contributed by atoms with E-state index >= 15 is 0 Å². The molecule has 8 nitrogen and oxygen atoms in total. The van der Waals surface area contributed by atoms with Gasteiger partial charge in [0.1, 0.15) is 5.15 Å². The van der Waals surface area contributed by atoms with Crippen molar-refractivity contribution in [2.75, 3.05) is 23.8 Å². The highest BCUT2D eigenvalue weighted by molar-refractivity contribution is 6.29. The minimum absolute atomic E-state index is 0.0901. The quantitative estimate of drug-likeness (QED) is 0.663. The predicted molar refractivity (Wildman–Crippen MR) is 99.9 cm³/mol. The second kappa shape index (κ2) is 8.29. The Kier molecular flexibility index (Phi) is 5.85. The van der Waals surface area contributed by atoms with E-state index in [0.717, 1.165) is 12.8 Å². The minimum atomic E-state index is -0.646. The highest BCUT2D eigenvalue weighted by Gasteiger charge is 2.20. The standard InChI is InChI=1S/C17H21ClN6O2/c1-2-12-16(21-10-4-7-26-8-5-10)24-17(14(23-12)15(19)25)22-11-3-6-20-13(18)9-11/h3,6,9-10H,2,4-5,7-8H2,1H3,(H2,19,25)(H2,20,21,22,24). The van der Waals surface area contributed by atoms with Gasteiger partial charge in [-0.25, -0.2) is 15.0 Å². The number of rotatable bonds is 6. The number of nitrogens with two attached hydrogens (primary N) is 1. The van der Waals surface area contributed by atoms with E-state index in [-0.39, 0.29) is 17.6 Å². The summed E-state index contributed by atoms with van der Waals surface area (Å²) in [6.07, 6.45) is 3.97. The summed E-state index contributed by atoms with van der Waals surface area (Å²) >= 11 is 5.92. The number of carbonyl (C=O) groups excluding carboxylic acids is 1. The highest BCUT2D eigenvalue weighted by Crippen LogP contribution is 2.24. The van der Waals surface area contributed by atoms with Crippen LogP contribution in [0.5, 0.6) is 0 Å². The van der Waals surface area contributed by atoms with Crippen LogP contribution in [0.2, 0.25) is 5.15 Å². The van der Waals surface area contributed by atoms with Crippen LogP contribution in [-0.2, 0) is 11.2 Å². The second-order valence-corrected chi connectivity index (χ2v) is 6.34. The van der Waals surface area contributed by atoms with Gasteiger partial charge in [-0.2, -0.15) is 0 Å². The lowest BCUT2D eigenvalue weighted by atomic mass is 10.1. The number of aryl methyl sites for hydroxylation is 1. The van der Waals surface area contributed by atoms with Gasteiger partial charge in [0, 0.05) is 31.1 Å². The number of aromatic nitrogens is 3. The van der Waals surface area contributed by atoms with Crippen molar-refractivity contribution < 1.29 is 9.53 Å². The molecule has 138 valence electrons. The molecule has 0 aliphatic carbocycles. The van der Waals surface area contributed by atoms with Crippen molar-refractivity contribution in [1.29, 1.82) is 0 Å². The number of halogens is 1. The summed E-state index contributed by atoms with van der Waals surface area (Å²) in [5.41, 5.74) is 6.93. The van der Waals surface area contributed by atoms with Gasteiger partial charge in [-0.3, -0.25) is 4.79 Å². The third-order valence-corrected chi connectivity index (χ3v) is 4.29. The van der Waals surface area contributed by atoms with E-state index in [2.05, 4.69) is 25.6 Å². The average molecular weight is 377 g/mol.